The van der Waals surface area contributed by atoms with Crippen molar-refractivity contribution in [2.24, 2.45) is 0 Å². The first kappa shape index (κ1) is 7.31. The van der Waals surface area contributed by atoms with Gasteiger partial charge in [-0.3, -0.25) is 0 Å². The Morgan fingerprint density at radius 1 is 1.42 bits per heavy atom. The van der Waals surface area contributed by atoms with Gasteiger partial charge in [-0.25, -0.2) is 9.97 Å². The lowest BCUT2D eigenvalue weighted by Crippen LogP contribution is -1.91. The van der Waals surface area contributed by atoms with Gasteiger partial charge in [0, 0.05) is 17.3 Å². The van der Waals surface area contributed by atoms with Crippen molar-refractivity contribution in [2.45, 2.75) is 0 Å². The fourth-order valence-electron chi connectivity index (χ4n) is 1.05. The molecule has 2 aromatic heterocycles. The predicted octanol–water partition coefficient (Wildman–Crippen LogP) is 1.87. The number of pyridine rings is 2. The first-order valence-corrected chi connectivity index (χ1v) is 3.82. The number of fused-ring (bicyclic) bond motifs is 1. The van der Waals surface area contributed by atoms with Gasteiger partial charge in [0.25, 0.3) is 0 Å². The summed E-state index contributed by atoms with van der Waals surface area (Å²) in [5, 5.41) is 1.21. The number of nitrogens with zero attached hydrogens (tertiary/aromatic N) is 2. The van der Waals surface area contributed by atoms with Gasteiger partial charge in [0.15, 0.2) is 5.65 Å². The van der Waals surface area contributed by atoms with Gasteiger partial charge in [-0.05, 0) is 18.2 Å². The van der Waals surface area contributed by atoms with E-state index in [1.807, 2.05) is 12.1 Å². The molecule has 0 fully saturated rings. The van der Waals surface area contributed by atoms with E-state index in [0.29, 0.717) is 16.5 Å². The Labute approximate surface area is 74.2 Å². The Kier molecular flexibility index (Phi) is 1.59. The second-order valence-corrected chi connectivity index (χ2v) is 2.80. The first-order chi connectivity index (χ1) is 5.77. The van der Waals surface area contributed by atoms with Crippen LogP contribution in [-0.4, -0.2) is 9.97 Å². The monoisotopic (exact) mass is 179 g/mol. The maximum Gasteiger partial charge on any atom is 0.162 e. The molecular formula is C8H6ClN3. The third kappa shape index (κ3) is 1.08. The molecule has 2 N–H and O–H groups in total. The second-order valence-electron chi connectivity index (χ2n) is 2.41. The summed E-state index contributed by atoms with van der Waals surface area (Å²) in [6, 6.07) is 5.29. The molecule has 0 saturated heterocycles. The molecule has 0 aliphatic rings. The topological polar surface area (TPSA) is 51.8 Å². The zero-order chi connectivity index (χ0) is 8.55. The molecule has 0 amide bonds. The van der Waals surface area contributed by atoms with E-state index in [1.54, 1.807) is 12.3 Å². The van der Waals surface area contributed by atoms with Crippen molar-refractivity contribution in [1.82, 2.24) is 9.97 Å². The smallest absolute Gasteiger partial charge is 0.162 e. The summed E-state index contributed by atoms with van der Waals surface area (Å²) in [6.07, 6.45) is 1.66. The molecule has 0 aromatic carbocycles. The van der Waals surface area contributed by atoms with Crippen molar-refractivity contribution in [2.75, 3.05) is 5.73 Å². The van der Waals surface area contributed by atoms with Crippen LogP contribution in [0.3, 0.4) is 0 Å². The summed E-state index contributed by atoms with van der Waals surface area (Å²) < 4.78 is 0. The van der Waals surface area contributed by atoms with Crippen LogP contribution in [0.2, 0.25) is 5.15 Å². The number of hydrogen-bond donors (Lipinski definition) is 1. The standard InChI is InChI=1S/C8H6ClN3/c9-7-4-6(10)5-2-1-3-11-8(5)12-7/h1-4H,(H2,10,11,12). The van der Waals surface area contributed by atoms with Crippen molar-refractivity contribution in [1.29, 1.82) is 0 Å². The third-order valence-electron chi connectivity index (χ3n) is 1.59. The molecule has 2 aromatic rings. The van der Waals surface area contributed by atoms with Crippen molar-refractivity contribution >= 4 is 28.3 Å². The fraction of sp³-hybridized carbons (Fsp3) is 0. The first-order valence-electron chi connectivity index (χ1n) is 3.44. The number of aromatic nitrogens is 2. The highest BCUT2D eigenvalue weighted by Crippen LogP contribution is 2.20. The predicted molar refractivity (Wildman–Crippen MR) is 49.0 cm³/mol. The summed E-state index contributed by atoms with van der Waals surface area (Å²) in [4.78, 5) is 8.04. The fourth-order valence-corrected chi connectivity index (χ4v) is 1.25. The number of rotatable bonds is 0. The van der Waals surface area contributed by atoms with Crippen molar-refractivity contribution in [3.63, 3.8) is 0 Å². The third-order valence-corrected chi connectivity index (χ3v) is 1.78. The molecule has 2 rings (SSSR count). The van der Waals surface area contributed by atoms with Crippen LogP contribution < -0.4 is 5.73 Å². The SMILES string of the molecule is Nc1cc(Cl)nc2ncccc12. The summed E-state index contributed by atoms with van der Waals surface area (Å²) in [6.45, 7) is 0. The van der Waals surface area contributed by atoms with E-state index in [-0.39, 0.29) is 0 Å². The van der Waals surface area contributed by atoms with Crippen LogP contribution in [0.4, 0.5) is 5.69 Å². The maximum absolute atomic E-state index is 5.69. The second kappa shape index (κ2) is 2.60. The van der Waals surface area contributed by atoms with E-state index >= 15 is 0 Å². The Balaban J connectivity index is 2.89. The summed E-state index contributed by atoms with van der Waals surface area (Å²) in [7, 11) is 0. The lowest BCUT2D eigenvalue weighted by molar-refractivity contribution is 1.29. The molecule has 2 heterocycles. The van der Waals surface area contributed by atoms with E-state index in [1.165, 1.54) is 0 Å². The quantitative estimate of drug-likeness (QED) is 0.628. The van der Waals surface area contributed by atoms with Gasteiger partial charge in [-0.1, -0.05) is 11.6 Å². The Morgan fingerprint density at radius 2 is 2.25 bits per heavy atom. The van der Waals surface area contributed by atoms with Crippen LogP contribution in [0.5, 0.6) is 0 Å². The lowest BCUT2D eigenvalue weighted by Gasteiger charge is -1.99. The van der Waals surface area contributed by atoms with Crippen LogP contribution in [-0.2, 0) is 0 Å². The van der Waals surface area contributed by atoms with Crippen molar-refractivity contribution in [3.8, 4) is 0 Å². The van der Waals surface area contributed by atoms with Crippen LogP contribution in [0, 0.1) is 0 Å². The van der Waals surface area contributed by atoms with E-state index in [2.05, 4.69) is 9.97 Å². The highest BCUT2D eigenvalue weighted by molar-refractivity contribution is 6.30. The van der Waals surface area contributed by atoms with E-state index in [4.69, 9.17) is 17.3 Å². The molecular weight excluding hydrogens is 174 g/mol. The number of halogens is 1. The van der Waals surface area contributed by atoms with Crippen LogP contribution in [0.25, 0.3) is 11.0 Å². The molecule has 0 aliphatic heterocycles. The van der Waals surface area contributed by atoms with Crippen molar-refractivity contribution in [3.05, 3.63) is 29.5 Å². The molecule has 0 bridgehead atoms. The molecule has 0 saturated carbocycles. The maximum atomic E-state index is 5.69. The van der Waals surface area contributed by atoms with Crippen LogP contribution in [0.1, 0.15) is 0 Å². The molecule has 0 unspecified atom stereocenters. The summed E-state index contributed by atoms with van der Waals surface area (Å²) in [5.41, 5.74) is 6.89. The van der Waals surface area contributed by atoms with E-state index in [0.717, 1.165) is 5.39 Å². The van der Waals surface area contributed by atoms with Crippen LogP contribution in [0.15, 0.2) is 24.4 Å². The number of hydrogen-bond acceptors (Lipinski definition) is 3. The molecule has 3 nitrogen and oxygen atoms in total. The highest BCUT2D eigenvalue weighted by Gasteiger charge is 2.00. The van der Waals surface area contributed by atoms with Gasteiger partial charge >= 0.3 is 0 Å². The van der Waals surface area contributed by atoms with Gasteiger partial charge in [-0.15, -0.1) is 0 Å². The summed E-state index contributed by atoms with van der Waals surface area (Å²) >= 11 is 5.69. The molecule has 60 valence electrons. The normalized spacial score (nSPS) is 10.4. The number of nitrogens with two attached hydrogens (primary N) is 1. The zero-order valence-electron chi connectivity index (χ0n) is 6.16. The van der Waals surface area contributed by atoms with Gasteiger partial charge in [0.05, 0.1) is 0 Å². The Morgan fingerprint density at radius 3 is 3.08 bits per heavy atom. The van der Waals surface area contributed by atoms with Crippen molar-refractivity contribution < 1.29 is 0 Å². The lowest BCUT2D eigenvalue weighted by atomic mass is 10.2. The van der Waals surface area contributed by atoms with E-state index in [9.17, 15) is 0 Å². The minimum atomic E-state index is 0.374. The zero-order valence-corrected chi connectivity index (χ0v) is 6.92. The molecule has 0 aliphatic carbocycles. The number of anilines is 1. The van der Waals surface area contributed by atoms with Gasteiger partial charge < -0.3 is 5.73 Å². The average molecular weight is 180 g/mol. The largest absolute Gasteiger partial charge is 0.398 e. The van der Waals surface area contributed by atoms with E-state index < -0.39 is 0 Å². The average Bonchev–Trinajstić information content (AvgIpc) is 2.04. The molecule has 4 heteroatoms. The molecule has 0 atom stereocenters. The minimum Gasteiger partial charge on any atom is -0.398 e. The van der Waals surface area contributed by atoms with Crippen LogP contribution >= 0.6 is 11.6 Å². The number of nitrogen functional groups attached to an aromatic ring is 1. The molecule has 12 heavy (non-hydrogen) atoms. The summed E-state index contributed by atoms with van der Waals surface area (Å²) in [5.74, 6) is 0. The van der Waals surface area contributed by atoms with Gasteiger partial charge in [0.2, 0.25) is 0 Å². The highest BCUT2D eigenvalue weighted by atomic mass is 35.5. The van der Waals surface area contributed by atoms with Gasteiger partial charge in [-0.2, -0.15) is 0 Å². The Hall–Kier alpha value is -1.35. The van der Waals surface area contributed by atoms with Gasteiger partial charge in [0.1, 0.15) is 5.15 Å². The minimum absolute atomic E-state index is 0.374. The molecule has 0 radical (unpaired) electrons. The Bertz CT molecular complexity index is 428. The molecule has 0 spiro atoms.